The number of thioether (sulfide) groups is 1. The van der Waals surface area contributed by atoms with E-state index in [2.05, 4.69) is 12.1 Å². The van der Waals surface area contributed by atoms with Crippen molar-refractivity contribution in [2.75, 3.05) is 0 Å². The molecule has 0 aromatic heterocycles. The average Bonchev–Trinajstić information content (AvgIpc) is 1.90. The fourth-order valence-corrected chi connectivity index (χ4v) is 2.23. The van der Waals surface area contributed by atoms with E-state index in [4.69, 9.17) is 11.6 Å². The molecule has 0 aliphatic carbocycles. The maximum atomic E-state index is 5.85. The van der Waals surface area contributed by atoms with Crippen molar-refractivity contribution >= 4 is 23.4 Å². The summed E-state index contributed by atoms with van der Waals surface area (Å²) >= 11 is 7.70. The number of hydrogen-bond acceptors (Lipinski definition) is 1. The van der Waals surface area contributed by atoms with Crippen LogP contribution >= 0.6 is 23.4 Å². The lowest BCUT2D eigenvalue weighted by molar-refractivity contribution is 1.29. The van der Waals surface area contributed by atoms with Crippen molar-refractivity contribution in [3.05, 3.63) is 28.8 Å². The highest BCUT2D eigenvalue weighted by Gasteiger charge is 2.08. The van der Waals surface area contributed by atoms with Gasteiger partial charge in [-0.25, -0.2) is 0 Å². The molecule has 2 bridgehead atoms. The zero-order valence-electron chi connectivity index (χ0n) is 4.73. The van der Waals surface area contributed by atoms with Crippen molar-refractivity contribution in [2.24, 2.45) is 0 Å². The molecule has 0 atom stereocenters. The van der Waals surface area contributed by atoms with Gasteiger partial charge >= 0.3 is 0 Å². The van der Waals surface area contributed by atoms with Crippen LogP contribution in [0.25, 0.3) is 0 Å². The molecule has 2 heteroatoms. The molecule has 3 rings (SSSR count). The number of rotatable bonds is 0. The maximum absolute atomic E-state index is 5.85. The third-order valence-electron chi connectivity index (χ3n) is 1.42. The molecule has 2 heterocycles. The summed E-state index contributed by atoms with van der Waals surface area (Å²) in [7, 11) is 0. The molecule has 46 valence electrons. The Balaban J connectivity index is 2.70. The first-order chi connectivity index (χ1) is 4.36. The number of fused-ring (bicyclic) bond motifs is 3. The van der Waals surface area contributed by atoms with Crippen LogP contribution in [0.3, 0.4) is 0 Å². The van der Waals surface area contributed by atoms with Gasteiger partial charge in [-0.15, -0.1) is 11.8 Å². The highest BCUT2D eigenvalue weighted by molar-refractivity contribution is 7.98. The maximum Gasteiger partial charge on any atom is 0.0457 e. The predicted molar refractivity (Wildman–Crippen MR) is 41.0 cm³/mol. The van der Waals surface area contributed by atoms with Gasteiger partial charge in [0.05, 0.1) is 0 Å². The average molecular weight is 157 g/mol. The second-order valence-corrected chi connectivity index (χ2v) is 3.50. The van der Waals surface area contributed by atoms with Gasteiger partial charge in [-0.3, -0.25) is 0 Å². The molecule has 0 N–H and O–H groups in total. The Kier molecular flexibility index (Phi) is 1.20. The molecule has 0 nitrogen and oxygen atoms in total. The lowest BCUT2D eigenvalue weighted by Crippen LogP contribution is -1.89. The number of hydrogen-bond donors (Lipinski definition) is 0. The van der Waals surface area contributed by atoms with Gasteiger partial charge in [-0.2, -0.15) is 0 Å². The lowest BCUT2D eigenvalue weighted by Gasteiger charge is -2.11. The van der Waals surface area contributed by atoms with E-state index in [1.165, 1.54) is 10.5 Å². The number of benzene rings is 1. The van der Waals surface area contributed by atoms with Crippen LogP contribution in [-0.2, 0) is 5.75 Å². The van der Waals surface area contributed by atoms with Crippen LogP contribution in [0.15, 0.2) is 23.1 Å². The minimum Gasteiger partial charge on any atom is -0.121 e. The third kappa shape index (κ3) is 0.846. The monoisotopic (exact) mass is 156 g/mol. The standard InChI is InChI=1S/C7H5ClS/c8-7-3-6-2-1-5(7)4-9-6/h1-3H,4H2. The summed E-state index contributed by atoms with van der Waals surface area (Å²) in [6, 6.07) is 6.22. The Hall–Kier alpha value is -0.140. The SMILES string of the molecule is Clc1cc2ccc1CS2. The molecule has 1 aromatic carbocycles. The summed E-state index contributed by atoms with van der Waals surface area (Å²) < 4.78 is 0. The van der Waals surface area contributed by atoms with Crippen LogP contribution in [0.1, 0.15) is 5.56 Å². The fourth-order valence-electron chi connectivity index (χ4n) is 0.896. The van der Waals surface area contributed by atoms with Crippen molar-refractivity contribution in [1.82, 2.24) is 0 Å². The summed E-state index contributed by atoms with van der Waals surface area (Å²) in [5, 5.41) is 0.922. The second kappa shape index (κ2) is 1.93. The van der Waals surface area contributed by atoms with Gasteiger partial charge in [0, 0.05) is 15.7 Å². The van der Waals surface area contributed by atoms with Crippen molar-refractivity contribution in [3.63, 3.8) is 0 Å². The molecule has 0 saturated heterocycles. The predicted octanol–water partition coefficient (Wildman–Crippen LogP) is 2.95. The van der Waals surface area contributed by atoms with Crippen LogP contribution in [-0.4, -0.2) is 0 Å². The number of halogens is 1. The largest absolute Gasteiger partial charge is 0.121 e. The van der Waals surface area contributed by atoms with Gasteiger partial charge in [0.15, 0.2) is 0 Å². The van der Waals surface area contributed by atoms with Crippen LogP contribution in [0.2, 0.25) is 5.02 Å². The summed E-state index contributed by atoms with van der Waals surface area (Å²) in [5.74, 6) is 1.06. The first-order valence-corrected chi connectivity index (χ1v) is 4.14. The molecule has 0 spiro atoms. The van der Waals surface area contributed by atoms with Crippen molar-refractivity contribution in [2.45, 2.75) is 10.6 Å². The van der Waals surface area contributed by atoms with Gasteiger partial charge in [0.1, 0.15) is 0 Å². The molecule has 2 aliphatic heterocycles. The smallest absolute Gasteiger partial charge is 0.0457 e. The van der Waals surface area contributed by atoms with Gasteiger partial charge in [-0.05, 0) is 17.7 Å². The molecular formula is C7H5ClS. The van der Waals surface area contributed by atoms with E-state index in [0.717, 1.165) is 10.8 Å². The van der Waals surface area contributed by atoms with Gasteiger partial charge in [0.25, 0.3) is 0 Å². The second-order valence-electron chi connectivity index (χ2n) is 2.04. The third-order valence-corrected chi connectivity index (χ3v) is 2.81. The van der Waals surface area contributed by atoms with Crippen molar-refractivity contribution < 1.29 is 0 Å². The Morgan fingerprint density at radius 1 is 1.44 bits per heavy atom. The Morgan fingerprint density at radius 3 is 2.56 bits per heavy atom. The van der Waals surface area contributed by atoms with E-state index in [1.807, 2.05) is 17.8 Å². The van der Waals surface area contributed by atoms with Gasteiger partial charge in [0.2, 0.25) is 0 Å². The van der Waals surface area contributed by atoms with E-state index in [9.17, 15) is 0 Å². The topological polar surface area (TPSA) is 0 Å². The van der Waals surface area contributed by atoms with E-state index in [-0.39, 0.29) is 0 Å². The molecule has 0 saturated carbocycles. The fraction of sp³-hybridized carbons (Fsp3) is 0.143. The van der Waals surface area contributed by atoms with E-state index in [1.54, 1.807) is 0 Å². The normalized spacial score (nSPS) is 14.3. The highest BCUT2D eigenvalue weighted by atomic mass is 35.5. The summed E-state index contributed by atoms with van der Waals surface area (Å²) in [6.07, 6.45) is 0. The van der Waals surface area contributed by atoms with Crippen molar-refractivity contribution in [3.8, 4) is 0 Å². The minimum atomic E-state index is 0.922. The van der Waals surface area contributed by atoms with E-state index >= 15 is 0 Å². The molecular weight excluding hydrogens is 152 g/mol. The molecule has 0 unspecified atom stereocenters. The molecule has 0 fully saturated rings. The van der Waals surface area contributed by atoms with Crippen molar-refractivity contribution in [1.29, 1.82) is 0 Å². The minimum absolute atomic E-state index is 0.922. The lowest BCUT2D eigenvalue weighted by atomic mass is 10.2. The zero-order chi connectivity index (χ0) is 6.27. The summed E-state index contributed by atoms with van der Waals surface area (Å²) in [6.45, 7) is 0. The van der Waals surface area contributed by atoms with Gasteiger partial charge < -0.3 is 0 Å². The Labute approximate surface area is 63.2 Å². The first-order valence-electron chi connectivity index (χ1n) is 2.77. The van der Waals surface area contributed by atoms with E-state index < -0.39 is 0 Å². The van der Waals surface area contributed by atoms with Crippen LogP contribution < -0.4 is 0 Å². The zero-order valence-corrected chi connectivity index (χ0v) is 6.30. The summed E-state index contributed by atoms with van der Waals surface area (Å²) in [4.78, 5) is 1.29. The summed E-state index contributed by atoms with van der Waals surface area (Å²) in [5.41, 5.74) is 1.26. The highest BCUT2D eigenvalue weighted by Crippen LogP contribution is 2.34. The van der Waals surface area contributed by atoms with Crippen LogP contribution in [0, 0.1) is 0 Å². The molecule has 2 aliphatic rings. The van der Waals surface area contributed by atoms with Crippen LogP contribution in [0.4, 0.5) is 0 Å². The quantitative estimate of drug-likeness (QED) is 0.557. The Morgan fingerprint density at radius 2 is 2.33 bits per heavy atom. The van der Waals surface area contributed by atoms with E-state index in [0.29, 0.717) is 0 Å². The molecule has 0 amide bonds. The molecule has 0 radical (unpaired) electrons. The molecule has 1 aromatic rings. The Bertz CT molecular complexity index is 245. The van der Waals surface area contributed by atoms with Gasteiger partial charge in [-0.1, -0.05) is 17.7 Å². The first kappa shape index (κ1) is 5.63. The van der Waals surface area contributed by atoms with Crippen LogP contribution in [0.5, 0.6) is 0 Å². The molecule has 9 heavy (non-hydrogen) atoms.